The molecule has 1 rings (SSSR count). The SMILES string of the molecule is CC1CC(C#N)(C(=O)NCCCS(C)=O)C1. The molecular formula is C11H18N2O2S. The molecule has 0 heterocycles. The van der Waals surface area contributed by atoms with E-state index >= 15 is 0 Å². The summed E-state index contributed by atoms with van der Waals surface area (Å²) < 4.78 is 10.8. The Labute approximate surface area is 98.9 Å². The molecule has 4 nitrogen and oxygen atoms in total. The van der Waals surface area contributed by atoms with Crippen molar-refractivity contribution in [3.8, 4) is 6.07 Å². The molecule has 1 fully saturated rings. The minimum atomic E-state index is -0.813. The molecule has 1 aliphatic rings. The van der Waals surface area contributed by atoms with Crippen LogP contribution in [0.2, 0.25) is 0 Å². The number of hydrogen-bond donors (Lipinski definition) is 1. The quantitative estimate of drug-likeness (QED) is 0.725. The van der Waals surface area contributed by atoms with Gasteiger partial charge in [-0.25, -0.2) is 0 Å². The molecule has 1 atom stereocenters. The van der Waals surface area contributed by atoms with Gasteiger partial charge in [0.2, 0.25) is 5.91 Å². The maximum absolute atomic E-state index is 11.8. The molecule has 16 heavy (non-hydrogen) atoms. The molecule has 0 aliphatic heterocycles. The van der Waals surface area contributed by atoms with Crippen LogP contribution in [0.15, 0.2) is 0 Å². The number of nitrogens with zero attached hydrogens (tertiary/aromatic N) is 1. The van der Waals surface area contributed by atoms with E-state index < -0.39 is 16.2 Å². The van der Waals surface area contributed by atoms with Crippen LogP contribution in [0.4, 0.5) is 0 Å². The highest BCUT2D eigenvalue weighted by atomic mass is 32.2. The summed E-state index contributed by atoms with van der Waals surface area (Å²) in [6.07, 6.45) is 3.67. The summed E-state index contributed by atoms with van der Waals surface area (Å²) in [6.45, 7) is 2.55. The lowest BCUT2D eigenvalue weighted by Crippen LogP contribution is -2.48. The van der Waals surface area contributed by atoms with Gasteiger partial charge in [0, 0.05) is 29.4 Å². The molecule has 0 bridgehead atoms. The minimum absolute atomic E-state index is 0.157. The van der Waals surface area contributed by atoms with Crippen LogP contribution in [-0.4, -0.2) is 28.7 Å². The van der Waals surface area contributed by atoms with Crippen LogP contribution in [0.5, 0.6) is 0 Å². The average Bonchev–Trinajstić information content (AvgIpc) is 2.18. The number of amides is 1. The largest absolute Gasteiger partial charge is 0.355 e. The third-order valence-corrected chi connectivity index (χ3v) is 3.80. The normalized spacial score (nSPS) is 29.9. The van der Waals surface area contributed by atoms with Gasteiger partial charge < -0.3 is 5.32 Å². The van der Waals surface area contributed by atoms with Crippen molar-refractivity contribution in [2.45, 2.75) is 26.2 Å². The second kappa shape index (κ2) is 5.44. The number of nitriles is 1. The van der Waals surface area contributed by atoms with E-state index in [0.29, 0.717) is 37.5 Å². The van der Waals surface area contributed by atoms with Crippen LogP contribution in [-0.2, 0) is 15.6 Å². The first-order valence-electron chi connectivity index (χ1n) is 5.50. The predicted molar refractivity (Wildman–Crippen MR) is 63.0 cm³/mol. The van der Waals surface area contributed by atoms with Crippen LogP contribution < -0.4 is 5.32 Å². The van der Waals surface area contributed by atoms with Crippen molar-refractivity contribution in [2.75, 3.05) is 18.6 Å². The van der Waals surface area contributed by atoms with Gasteiger partial charge in [-0.15, -0.1) is 0 Å². The Bertz CT molecular complexity index is 329. The molecule has 1 N–H and O–H groups in total. The second-order valence-electron chi connectivity index (χ2n) is 4.59. The van der Waals surface area contributed by atoms with E-state index in [9.17, 15) is 9.00 Å². The third kappa shape index (κ3) is 3.05. The second-order valence-corrected chi connectivity index (χ2v) is 6.15. The minimum Gasteiger partial charge on any atom is -0.355 e. The van der Waals surface area contributed by atoms with Gasteiger partial charge in [-0.1, -0.05) is 6.92 Å². The molecule has 1 amide bonds. The van der Waals surface area contributed by atoms with Gasteiger partial charge in [0.1, 0.15) is 5.41 Å². The van der Waals surface area contributed by atoms with Gasteiger partial charge in [0.25, 0.3) is 0 Å². The highest BCUT2D eigenvalue weighted by molar-refractivity contribution is 7.84. The Balaban J connectivity index is 2.30. The molecule has 0 aromatic heterocycles. The molecule has 5 heteroatoms. The van der Waals surface area contributed by atoms with Crippen molar-refractivity contribution in [1.29, 1.82) is 5.26 Å². The van der Waals surface area contributed by atoms with E-state index in [2.05, 4.69) is 11.4 Å². The molecule has 0 saturated heterocycles. The van der Waals surface area contributed by atoms with Crippen LogP contribution in [0.3, 0.4) is 0 Å². The van der Waals surface area contributed by atoms with Crippen LogP contribution in [0.1, 0.15) is 26.2 Å². The van der Waals surface area contributed by atoms with E-state index in [0.717, 1.165) is 0 Å². The zero-order valence-corrected chi connectivity index (χ0v) is 10.6. The van der Waals surface area contributed by atoms with E-state index in [-0.39, 0.29) is 5.91 Å². The van der Waals surface area contributed by atoms with Crippen LogP contribution in [0.25, 0.3) is 0 Å². The van der Waals surface area contributed by atoms with Gasteiger partial charge >= 0.3 is 0 Å². The fourth-order valence-electron chi connectivity index (χ4n) is 2.10. The summed E-state index contributed by atoms with van der Waals surface area (Å²) in [5, 5.41) is 11.8. The van der Waals surface area contributed by atoms with Gasteiger partial charge in [0.15, 0.2) is 0 Å². The number of carbonyl (C=O) groups excluding carboxylic acids is 1. The van der Waals surface area contributed by atoms with E-state index in [4.69, 9.17) is 5.26 Å². The predicted octanol–water partition coefficient (Wildman–Crippen LogP) is 0.811. The van der Waals surface area contributed by atoms with E-state index in [1.54, 1.807) is 6.26 Å². The zero-order valence-electron chi connectivity index (χ0n) is 9.78. The number of rotatable bonds is 5. The summed E-state index contributed by atoms with van der Waals surface area (Å²) in [7, 11) is -0.813. The van der Waals surface area contributed by atoms with Crippen LogP contribution >= 0.6 is 0 Å². The fraction of sp³-hybridized carbons (Fsp3) is 0.818. The summed E-state index contributed by atoms with van der Waals surface area (Å²) >= 11 is 0. The first-order valence-corrected chi connectivity index (χ1v) is 7.22. The summed E-state index contributed by atoms with van der Waals surface area (Å²) in [5.74, 6) is 0.902. The lowest BCUT2D eigenvalue weighted by molar-refractivity contribution is -0.133. The lowest BCUT2D eigenvalue weighted by Gasteiger charge is -2.39. The third-order valence-electron chi connectivity index (χ3n) is 2.94. The Hall–Kier alpha value is -0.890. The summed E-state index contributed by atoms with van der Waals surface area (Å²) in [6, 6.07) is 2.12. The van der Waals surface area contributed by atoms with Gasteiger partial charge in [-0.2, -0.15) is 5.26 Å². The van der Waals surface area contributed by atoms with Gasteiger partial charge in [0.05, 0.1) is 6.07 Å². The smallest absolute Gasteiger partial charge is 0.240 e. The highest BCUT2D eigenvalue weighted by Gasteiger charge is 2.48. The zero-order chi connectivity index (χ0) is 12.2. The molecule has 1 unspecified atom stereocenters. The Kier molecular flexibility index (Phi) is 4.48. The maximum atomic E-state index is 11.8. The molecular weight excluding hydrogens is 224 g/mol. The monoisotopic (exact) mass is 242 g/mol. The molecule has 0 aromatic carbocycles. The number of carbonyl (C=O) groups is 1. The van der Waals surface area contributed by atoms with Crippen molar-refractivity contribution in [3.05, 3.63) is 0 Å². The lowest BCUT2D eigenvalue weighted by atomic mass is 9.63. The van der Waals surface area contributed by atoms with Crippen molar-refractivity contribution < 1.29 is 9.00 Å². The summed E-state index contributed by atoms with van der Waals surface area (Å²) in [4.78, 5) is 11.8. The van der Waals surface area contributed by atoms with Crippen molar-refractivity contribution in [1.82, 2.24) is 5.32 Å². The Morgan fingerprint density at radius 1 is 1.62 bits per heavy atom. The highest BCUT2D eigenvalue weighted by Crippen LogP contribution is 2.44. The molecule has 0 radical (unpaired) electrons. The number of nitrogens with one attached hydrogen (secondary N) is 1. The molecule has 0 spiro atoms. The standard InChI is InChI=1S/C11H18N2O2S/c1-9-6-11(7-9,8-12)10(14)13-4-3-5-16(2)15/h9H,3-7H2,1-2H3,(H,13,14). The Morgan fingerprint density at radius 3 is 2.69 bits per heavy atom. The average molecular weight is 242 g/mol. The molecule has 1 aliphatic carbocycles. The van der Waals surface area contributed by atoms with Gasteiger partial charge in [-0.3, -0.25) is 9.00 Å². The fourth-order valence-corrected chi connectivity index (χ4v) is 2.65. The first-order chi connectivity index (χ1) is 7.50. The van der Waals surface area contributed by atoms with Crippen molar-refractivity contribution in [3.63, 3.8) is 0 Å². The Morgan fingerprint density at radius 2 is 2.25 bits per heavy atom. The first kappa shape index (κ1) is 13.2. The maximum Gasteiger partial charge on any atom is 0.240 e. The number of hydrogen-bond acceptors (Lipinski definition) is 3. The van der Waals surface area contributed by atoms with Crippen LogP contribution in [0, 0.1) is 22.7 Å². The molecule has 90 valence electrons. The topological polar surface area (TPSA) is 70.0 Å². The van der Waals surface area contributed by atoms with E-state index in [1.165, 1.54) is 0 Å². The molecule has 1 saturated carbocycles. The van der Waals surface area contributed by atoms with Crippen molar-refractivity contribution >= 4 is 16.7 Å². The van der Waals surface area contributed by atoms with Crippen molar-refractivity contribution in [2.24, 2.45) is 11.3 Å². The van der Waals surface area contributed by atoms with Gasteiger partial charge in [-0.05, 0) is 25.2 Å². The molecule has 0 aromatic rings. The van der Waals surface area contributed by atoms with E-state index in [1.807, 2.05) is 6.92 Å². The summed E-state index contributed by atoms with van der Waals surface area (Å²) in [5.41, 5.74) is -0.787.